The van der Waals surface area contributed by atoms with Crippen LogP contribution in [0.15, 0.2) is 41.9 Å². The molecule has 1 nitrogen and oxygen atoms in total. The summed E-state index contributed by atoms with van der Waals surface area (Å²) in [6.45, 7) is 91.6. The molecule has 2 aromatic carbocycles. The number of rotatable bonds is 16. The zero-order valence-electron chi connectivity index (χ0n) is 53.8. The first-order valence-corrected chi connectivity index (χ1v) is 64.4. The number of hydrogen-bond acceptors (Lipinski definition) is 1. The number of benzene rings is 2. The van der Waals surface area contributed by atoms with Crippen molar-refractivity contribution in [2.24, 2.45) is 0 Å². The summed E-state index contributed by atoms with van der Waals surface area (Å²) in [6.07, 6.45) is 4.63. The quantitative estimate of drug-likeness (QED) is 0.152. The second-order valence-corrected chi connectivity index (χ2v) is 90.2. The molecule has 2 aliphatic rings. The summed E-state index contributed by atoms with van der Waals surface area (Å²) in [5, 5.41) is 2.02. The third kappa shape index (κ3) is 11.7. The van der Waals surface area contributed by atoms with Crippen LogP contribution in [-0.2, 0) is 19.4 Å². The summed E-state index contributed by atoms with van der Waals surface area (Å²) in [6, 6.07) is 11.6. The summed E-state index contributed by atoms with van der Waals surface area (Å²) in [7, 11) is -14.7. The zero-order valence-corrected chi connectivity index (χ0v) is 66.0. The van der Waals surface area contributed by atoms with E-state index in [0.29, 0.717) is 15.5 Å². The maximum absolute atomic E-state index is 9.33. The Kier molecular flexibility index (Phi) is 18.5. The van der Waals surface area contributed by atoms with Gasteiger partial charge in [0.05, 0.1) is 0 Å². The summed E-state index contributed by atoms with van der Waals surface area (Å²) in [4.78, 5) is -0.184. The first-order valence-electron chi connectivity index (χ1n) is 28.8. The van der Waals surface area contributed by atoms with E-state index in [4.69, 9.17) is 0 Å². The van der Waals surface area contributed by atoms with Crippen LogP contribution in [0.1, 0.15) is 144 Å². The van der Waals surface area contributed by atoms with E-state index in [0.717, 1.165) is 12.8 Å². The molecule has 0 saturated heterocycles. The van der Waals surface area contributed by atoms with Crippen molar-refractivity contribution in [3.05, 3.63) is 75.3 Å². The molecule has 0 amide bonds. The second-order valence-electron chi connectivity index (χ2n) is 33.7. The summed E-state index contributed by atoms with van der Waals surface area (Å²) >= 11 is -6.45. The Labute approximate surface area is 459 Å². The molecule has 0 atom stereocenters. The third-order valence-corrected chi connectivity index (χ3v) is 75.4. The molecule has 4 rings (SSSR count). The van der Waals surface area contributed by atoms with Crippen LogP contribution < -0.4 is 8.79 Å². The molecule has 71 heavy (non-hydrogen) atoms. The van der Waals surface area contributed by atoms with E-state index in [-0.39, 0.29) is 15.7 Å². The molecule has 0 saturated carbocycles. The van der Waals surface area contributed by atoms with E-state index in [1.54, 1.807) is 22.3 Å². The van der Waals surface area contributed by atoms with Gasteiger partial charge in [0.25, 0.3) is 0 Å². The molecule has 2 heterocycles. The summed E-state index contributed by atoms with van der Waals surface area (Å²) in [5.74, 6) is 0. The van der Waals surface area contributed by atoms with Crippen LogP contribution in [0.4, 0.5) is 0 Å². The molecule has 0 bridgehead atoms. The molecule has 0 aliphatic carbocycles. The van der Waals surface area contributed by atoms with E-state index >= 15 is 0 Å². The third-order valence-electron chi connectivity index (χ3n) is 17.2. The van der Waals surface area contributed by atoms with Crippen LogP contribution in [0.5, 0.6) is 0 Å². The van der Waals surface area contributed by atoms with Gasteiger partial charge >= 0.3 is 464 Å². The molecule has 2 aliphatic heterocycles. The molecule has 11 heteroatoms. The van der Waals surface area contributed by atoms with Crippen LogP contribution in [0.25, 0.3) is 0 Å². The first kappa shape index (κ1) is 64.2. The van der Waals surface area contributed by atoms with Crippen LogP contribution in [0.3, 0.4) is 0 Å². The Morgan fingerprint density at radius 2 is 0.718 bits per heavy atom. The van der Waals surface area contributed by atoms with Gasteiger partial charge in [0.1, 0.15) is 0 Å². The van der Waals surface area contributed by atoms with Crippen molar-refractivity contribution < 1.29 is 3.76 Å². The van der Waals surface area contributed by atoms with Gasteiger partial charge in [-0.25, -0.2) is 0 Å². The monoisotopic (exact) mass is 1230 g/mol. The minimum atomic E-state index is -3.95. The molecule has 0 unspecified atom stereocenters. The van der Waals surface area contributed by atoms with Gasteiger partial charge in [-0.05, 0) is 0 Å². The fraction of sp³-hybridized carbons (Fsp3) is 0.733. The molecule has 403 valence electrons. The molecular weight excluding hydrogens is 1110 g/mol. The predicted octanol–water partition coefficient (Wildman–Crippen LogP) is 18.7. The van der Waals surface area contributed by atoms with Gasteiger partial charge in [-0.1, -0.05) is 0 Å². The Hall–Kier alpha value is 0.701. The van der Waals surface area contributed by atoms with Gasteiger partial charge in [0, 0.05) is 0 Å². The Bertz CT molecular complexity index is 2220. The first-order chi connectivity index (χ1) is 31.4. The van der Waals surface area contributed by atoms with Gasteiger partial charge in [-0.3, -0.25) is 0 Å². The second kappa shape index (κ2) is 20.4. The van der Waals surface area contributed by atoms with Crippen LogP contribution in [0, 0.1) is 0 Å². The van der Waals surface area contributed by atoms with Crippen molar-refractivity contribution in [1.82, 2.24) is 0 Å². The zero-order chi connectivity index (χ0) is 55.6. The standard InChI is InChI=1S/C60H117Ge2OSi8/c1-35-49-51(37-3)62(54-47(57(68(23,24)25)69(26,27)28)41-44(59(8,9)10)42-48(54)60(63-62,70(29,30)31)71(32,33)34)52(38-4)50(36-2)61(49)53-45(55(64(11,12)13)65(14,15)16)39-43(58(5,6)7)40-46(53)56(66(17,18)19)67(20,21)22/h39-42,55-57H,35-38H2,1-34H3. The van der Waals surface area contributed by atoms with Crippen molar-refractivity contribution in [1.29, 1.82) is 0 Å². The van der Waals surface area contributed by atoms with E-state index < -0.39 is 92.5 Å². The molecule has 1 spiro atoms. The van der Waals surface area contributed by atoms with Gasteiger partial charge in [-0.2, -0.15) is 0 Å². The minimum absolute atomic E-state index is 0.0428. The molecular formula is C60H117Ge2OSi8. The molecule has 0 N–H and O–H groups in total. The fourth-order valence-corrected chi connectivity index (χ4v) is 99.6. The molecule has 0 fully saturated rings. The van der Waals surface area contributed by atoms with Crippen molar-refractivity contribution in [2.75, 3.05) is 0 Å². The maximum atomic E-state index is 9.33. The van der Waals surface area contributed by atoms with Crippen LogP contribution >= 0.6 is 0 Å². The molecule has 1 radical (unpaired) electrons. The van der Waals surface area contributed by atoms with E-state index in [1.165, 1.54) is 12.8 Å². The Balaban J connectivity index is 2.65. The fourth-order valence-electron chi connectivity index (χ4n) is 16.7. The average molecular weight is 1220 g/mol. The average Bonchev–Trinajstić information content (AvgIpc) is 3.43. The van der Waals surface area contributed by atoms with Crippen LogP contribution in [-0.4, -0.2) is 92.5 Å². The normalized spacial score (nSPS) is 18.3. The number of hydrogen-bond donors (Lipinski definition) is 0. The summed E-state index contributed by atoms with van der Waals surface area (Å²) in [5.41, 5.74) is 10.6. The van der Waals surface area contributed by atoms with Gasteiger partial charge in [0.15, 0.2) is 0 Å². The van der Waals surface area contributed by atoms with Crippen molar-refractivity contribution in [2.45, 2.75) is 283 Å². The Morgan fingerprint density at radius 3 is 0.972 bits per heavy atom. The summed E-state index contributed by atoms with van der Waals surface area (Å²) < 4.78 is 21.0. The van der Waals surface area contributed by atoms with Gasteiger partial charge in [0.2, 0.25) is 0 Å². The van der Waals surface area contributed by atoms with Crippen molar-refractivity contribution in [3.63, 3.8) is 0 Å². The SMILES string of the molecule is CC[C]1=[C](CC)[Ge]2([O]C([Si](C)(C)C)([Si](C)(C)C)c3cc(C(C)(C)C)cc(C([Si](C)(C)C)[Si](C)(C)C)[c]32)[C](CC)=[C](CC)[Ge]1[c]1c(C([Si](C)(C)C)[Si](C)(C)C)cc(C(C)(C)C)cc1C([Si](C)(C)C)[Si](C)(C)C. The van der Waals surface area contributed by atoms with Gasteiger partial charge in [-0.15, -0.1) is 0 Å². The van der Waals surface area contributed by atoms with Crippen molar-refractivity contribution >= 4 is 101 Å². The van der Waals surface area contributed by atoms with E-state index in [9.17, 15) is 3.76 Å². The van der Waals surface area contributed by atoms with E-state index in [1.807, 2.05) is 37.5 Å². The van der Waals surface area contributed by atoms with E-state index in [2.05, 4.69) is 251 Å². The predicted molar refractivity (Wildman–Crippen MR) is 354 cm³/mol. The molecule has 0 aromatic heterocycles. The Morgan fingerprint density at radius 1 is 0.437 bits per heavy atom. The molecule has 2 aromatic rings. The van der Waals surface area contributed by atoms with Crippen molar-refractivity contribution in [3.8, 4) is 0 Å². The number of allylic oxidation sites excluding steroid dienone is 4. The van der Waals surface area contributed by atoms with Crippen LogP contribution in [0.2, 0.25) is 157 Å². The van der Waals surface area contributed by atoms with Gasteiger partial charge < -0.3 is 0 Å². The topological polar surface area (TPSA) is 9.23 Å². The number of fused-ring (bicyclic) bond motifs is 2.